The molecule has 0 N–H and O–H groups in total. The summed E-state index contributed by atoms with van der Waals surface area (Å²) < 4.78 is 15.8. The highest BCUT2D eigenvalue weighted by Gasteiger charge is 2.42. The van der Waals surface area contributed by atoms with E-state index in [0.29, 0.717) is 50.3 Å². The van der Waals surface area contributed by atoms with Crippen molar-refractivity contribution in [3.8, 4) is 0 Å². The van der Waals surface area contributed by atoms with Crippen LogP contribution >= 0.6 is 0 Å². The molecule has 0 radical (unpaired) electrons. The number of carbonyl (C=O) groups excluding carboxylic acids is 3. The molecule has 1 heterocycles. The van der Waals surface area contributed by atoms with Crippen LogP contribution in [0, 0.1) is 5.92 Å². The first-order valence-corrected chi connectivity index (χ1v) is 10.5. The zero-order valence-electron chi connectivity index (χ0n) is 18.1. The van der Waals surface area contributed by atoms with Crippen LogP contribution in [0.1, 0.15) is 30.4 Å². The van der Waals surface area contributed by atoms with Crippen LogP contribution in [-0.4, -0.2) is 62.9 Å². The van der Waals surface area contributed by atoms with Crippen LogP contribution in [0.15, 0.2) is 46.9 Å². The van der Waals surface area contributed by atoms with Gasteiger partial charge in [0.25, 0.3) is 0 Å². The number of hydrogen-bond acceptors (Lipinski definition) is 6. The van der Waals surface area contributed by atoms with Crippen molar-refractivity contribution < 1.29 is 28.6 Å². The van der Waals surface area contributed by atoms with E-state index < -0.39 is 0 Å². The van der Waals surface area contributed by atoms with Gasteiger partial charge in [0.15, 0.2) is 0 Å². The minimum atomic E-state index is -0.361. The van der Waals surface area contributed by atoms with Crippen molar-refractivity contribution in [3.63, 3.8) is 0 Å². The summed E-state index contributed by atoms with van der Waals surface area (Å²) >= 11 is 0. The molecule has 0 bridgehead atoms. The van der Waals surface area contributed by atoms with E-state index in [1.807, 2.05) is 29.2 Å². The average Bonchev–Trinajstić information content (AvgIpc) is 2.81. The van der Waals surface area contributed by atoms with Gasteiger partial charge in [0, 0.05) is 36.1 Å². The molecular weight excluding hydrogens is 398 g/mol. The van der Waals surface area contributed by atoms with Gasteiger partial charge in [-0.05, 0) is 30.9 Å². The van der Waals surface area contributed by atoms with Gasteiger partial charge in [0.05, 0.1) is 27.4 Å². The predicted octanol–water partition coefficient (Wildman–Crippen LogP) is 2.16. The first-order valence-electron chi connectivity index (χ1n) is 10.5. The van der Waals surface area contributed by atoms with E-state index >= 15 is 0 Å². The van der Waals surface area contributed by atoms with Gasteiger partial charge in [-0.25, -0.2) is 0 Å². The molecule has 2 atom stereocenters. The van der Waals surface area contributed by atoms with Gasteiger partial charge in [-0.3, -0.25) is 14.4 Å². The molecular formula is C24H27NO6. The Morgan fingerprint density at radius 2 is 1.68 bits per heavy atom. The van der Waals surface area contributed by atoms with Gasteiger partial charge < -0.3 is 19.1 Å². The quantitative estimate of drug-likeness (QED) is 0.688. The fourth-order valence-electron chi connectivity index (χ4n) is 4.91. The van der Waals surface area contributed by atoms with Gasteiger partial charge in [-0.1, -0.05) is 24.3 Å². The first kappa shape index (κ1) is 21.3. The summed E-state index contributed by atoms with van der Waals surface area (Å²) in [6.07, 6.45) is 1.09. The number of ether oxygens (including phenoxy) is 3. The van der Waals surface area contributed by atoms with E-state index in [2.05, 4.69) is 0 Å². The zero-order valence-corrected chi connectivity index (χ0v) is 18.1. The van der Waals surface area contributed by atoms with Crippen LogP contribution < -0.4 is 0 Å². The summed E-state index contributed by atoms with van der Waals surface area (Å²) in [5.41, 5.74) is 2.77. The highest BCUT2D eigenvalue weighted by Crippen LogP contribution is 2.44. The van der Waals surface area contributed by atoms with E-state index in [1.165, 1.54) is 14.2 Å². The van der Waals surface area contributed by atoms with Crippen LogP contribution in [0.3, 0.4) is 0 Å². The molecule has 1 aromatic rings. The number of amides is 1. The number of rotatable bonds is 4. The molecule has 1 fully saturated rings. The monoisotopic (exact) mass is 425 g/mol. The molecule has 1 amide bonds. The maximum atomic E-state index is 13.4. The SMILES string of the molecule is COC1=C(OC)C(=O)C(C2CC(C(=O)N3CCOCC3)Cc3ccccc32)=C(C)C1=O. The number of allylic oxidation sites excluding steroid dienone is 2. The van der Waals surface area contributed by atoms with Gasteiger partial charge in [-0.15, -0.1) is 0 Å². The van der Waals surface area contributed by atoms with Crippen molar-refractivity contribution in [2.75, 3.05) is 40.5 Å². The second-order valence-corrected chi connectivity index (χ2v) is 8.09. The third-order valence-electron chi connectivity index (χ3n) is 6.45. The van der Waals surface area contributed by atoms with E-state index in [9.17, 15) is 14.4 Å². The van der Waals surface area contributed by atoms with Crippen LogP contribution in [0.5, 0.6) is 0 Å². The molecule has 2 aliphatic carbocycles. The van der Waals surface area contributed by atoms with Crippen LogP contribution in [0.4, 0.5) is 0 Å². The molecule has 3 aliphatic rings. The second kappa shape index (κ2) is 8.67. The standard InChI is InChI=1S/C24H27NO6/c1-14-19(21(27)23(30-3)22(29-2)20(14)26)18-13-16(12-15-6-4-5-7-17(15)18)24(28)25-8-10-31-11-9-25/h4-7,16,18H,8-13H2,1-3H3. The minimum absolute atomic E-state index is 0.0706. The summed E-state index contributed by atoms with van der Waals surface area (Å²) in [6.45, 7) is 3.88. The number of fused-ring (bicyclic) bond motifs is 1. The third-order valence-corrected chi connectivity index (χ3v) is 6.45. The lowest BCUT2D eigenvalue weighted by Gasteiger charge is -2.37. The Balaban J connectivity index is 1.74. The molecule has 1 aliphatic heterocycles. The number of methoxy groups -OCH3 is 2. The van der Waals surface area contributed by atoms with Crippen LogP contribution in [0.25, 0.3) is 0 Å². The number of hydrogen-bond donors (Lipinski definition) is 0. The van der Waals surface area contributed by atoms with Crippen molar-refractivity contribution in [3.05, 3.63) is 58.1 Å². The van der Waals surface area contributed by atoms with E-state index in [4.69, 9.17) is 14.2 Å². The van der Waals surface area contributed by atoms with Crippen molar-refractivity contribution in [1.29, 1.82) is 0 Å². The summed E-state index contributed by atoms with van der Waals surface area (Å²) in [7, 11) is 2.71. The Bertz CT molecular complexity index is 986. The third kappa shape index (κ3) is 3.67. The second-order valence-electron chi connectivity index (χ2n) is 8.09. The lowest BCUT2D eigenvalue weighted by Crippen LogP contribution is -2.45. The number of morpholine rings is 1. The topological polar surface area (TPSA) is 82.1 Å². The summed E-state index contributed by atoms with van der Waals surface area (Å²) in [6, 6.07) is 7.85. The number of benzene rings is 1. The van der Waals surface area contributed by atoms with Crippen molar-refractivity contribution in [1.82, 2.24) is 4.90 Å². The minimum Gasteiger partial charge on any atom is -0.489 e. The van der Waals surface area contributed by atoms with E-state index in [0.717, 1.165) is 11.1 Å². The van der Waals surface area contributed by atoms with E-state index in [-0.39, 0.29) is 40.8 Å². The fourth-order valence-corrected chi connectivity index (χ4v) is 4.91. The Morgan fingerprint density at radius 1 is 1.03 bits per heavy atom. The van der Waals surface area contributed by atoms with Crippen molar-refractivity contribution in [2.24, 2.45) is 5.92 Å². The number of Topliss-reactive ketones (excluding diaryl/α,β-unsaturated/α-hetero) is 2. The number of carbonyl (C=O) groups is 3. The number of ketones is 2. The molecule has 2 unspecified atom stereocenters. The molecule has 0 saturated carbocycles. The van der Waals surface area contributed by atoms with Crippen molar-refractivity contribution >= 4 is 17.5 Å². The van der Waals surface area contributed by atoms with Crippen LogP contribution in [-0.2, 0) is 35.0 Å². The normalized spacial score (nSPS) is 24.3. The Labute approximate surface area is 181 Å². The Hall–Kier alpha value is -2.93. The largest absolute Gasteiger partial charge is 0.489 e. The highest BCUT2D eigenvalue weighted by atomic mass is 16.5. The lowest BCUT2D eigenvalue weighted by atomic mass is 9.70. The highest BCUT2D eigenvalue weighted by molar-refractivity contribution is 6.24. The summed E-state index contributed by atoms with van der Waals surface area (Å²) in [5, 5.41) is 0. The van der Waals surface area contributed by atoms with Gasteiger partial charge in [0.2, 0.25) is 29.0 Å². The molecule has 31 heavy (non-hydrogen) atoms. The van der Waals surface area contributed by atoms with Gasteiger partial charge in [0.1, 0.15) is 0 Å². The van der Waals surface area contributed by atoms with Gasteiger partial charge in [-0.2, -0.15) is 0 Å². The molecule has 1 saturated heterocycles. The maximum absolute atomic E-state index is 13.4. The molecule has 0 aromatic heterocycles. The average molecular weight is 425 g/mol. The van der Waals surface area contributed by atoms with E-state index in [1.54, 1.807) is 6.92 Å². The number of nitrogens with zero attached hydrogens (tertiary/aromatic N) is 1. The molecule has 7 heteroatoms. The molecule has 4 rings (SSSR count). The predicted molar refractivity (Wildman–Crippen MR) is 112 cm³/mol. The summed E-state index contributed by atoms with van der Waals surface area (Å²) in [4.78, 5) is 41.5. The molecule has 164 valence electrons. The lowest BCUT2D eigenvalue weighted by molar-refractivity contribution is -0.140. The molecule has 0 spiro atoms. The van der Waals surface area contributed by atoms with Gasteiger partial charge >= 0.3 is 0 Å². The smallest absolute Gasteiger partial charge is 0.228 e. The Kier molecular flexibility index (Phi) is 5.96. The fraction of sp³-hybridized carbons (Fsp3) is 0.458. The Morgan fingerprint density at radius 3 is 2.35 bits per heavy atom. The molecule has 1 aromatic carbocycles. The van der Waals surface area contributed by atoms with Crippen molar-refractivity contribution in [2.45, 2.75) is 25.7 Å². The maximum Gasteiger partial charge on any atom is 0.228 e. The van der Waals surface area contributed by atoms with Crippen LogP contribution in [0.2, 0.25) is 0 Å². The first-order chi connectivity index (χ1) is 15.0. The molecule has 7 nitrogen and oxygen atoms in total. The zero-order chi connectivity index (χ0) is 22.1. The summed E-state index contributed by atoms with van der Waals surface area (Å²) in [5.74, 6) is -1.40.